The highest BCUT2D eigenvalue weighted by Gasteiger charge is 2.36. The maximum atomic E-state index is 6.92. The van der Waals surface area contributed by atoms with Crippen LogP contribution in [-0.4, -0.2) is 7.28 Å². The molecule has 0 fully saturated rings. The van der Waals surface area contributed by atoms with Crippen LogP contribution < -0.4 is 16.2 Å². The molecule has 4 heteroatoms. The van der Waals surface area contributed by atoms with Crippen molar-refractivity contribution in [2.45, 2.75) is 12.3 Å². The Kier molecular flexibility index (Phi) is 6.09. The van der Waals surface area contributed by atoms with Crippen molar-refractivity contribution < 1.29 is 8.83 Å². The second kappa shape index (κ2) is 11.3. The van der Waals surface area contributed by atoms with E-state index in [0.717, 1.165) is 72.8 Å². The number of nitrogens with one attached hydrogen (secondary N) is 1. The summed E-state index contributed by atoms with van der Waals surface area (Å²) in [5, 5.41) is 13.4. The minimum atomic E-state index is 0.238. The van der Waals surface area contributed by atoms with Gasteiger partial charge in [-0.2, -0.15) is 0 Å². The van der Waals surface area contributed by atoms with Crippen molar-refractivity contribution in [3.05, 3.63) is 180 Å². The maximum absolute atomic E-state index is 6.92. The van der Waals surface area contributed by atoms with Gasteiger partial charge >= 0.3 is 0 Å². The fourth-order valence-corrected chi connectivity index (χ4v) is 10.1. The summed E-state index contributed by atoms with van der Waals surface area (Å²) in [6, 6.07) is 59.2. The first-order chi connectivity index (χ1) is 27.8. The first kappa shape index (κ1) is 30.3. The average Bonchev–Trinajstić information content (AvgIpc) is 3.88. The van der Waals surface area contributed by atoms with Crippen LogP contribution in [0.5, 0.6) is 0 Å². The molecule has 1 unspecified atom stereocenters. The Balaban J connectivity index is 1.09. The molecule has 0 saturated heterocycles. The molecule has 0 amide bonds. The van der Waals surface area contributed by atoms with E-state index < -0.39 is 0 Å². The zero-order valence-corrected chi connectivity index (χ0v) is 30.3. The number of anilines is 2. The molecule has 3 nitrogen and oxygen atoms in total. The van der Waals surface area contributed by atoms with E-state index in [2.05, 4.69) is 164 Å². The van der Waals surface area contributed by atoms with Crippen LogP contribution in [0.3, 0.4) is 0 Å². The van der Waals surface area contributed by atoms with Gasteiger partial charge in [0, 0.05) is 33.0 Å². The van der Waals surface area contributed by atoms with Crippen LogP contribution in [0.1, 0.15) is 22.6 Å². The number of hydrogen-bond acceptors (Lipinski definition) is 3. The van der Waals surface area contributed by atoms with Gasteiger partial charge in [-0.3, -0.25) is 0 Å². The average molecular weight is 713 g/mol. The van der Waals surface area contributed by atoms with E-state index in [1.54, 1.807) is 0 Å². The van der Waals surface area contributed by atoms with Crippen molar-refractivity contribution in [1.82, 2.24) is 0 Å². The molecule has 2 aromatic heterocycles. The smallest absolute Gasteiger partial charge is 0.193 e. The lowest BCUT2D eigenvalue weighted by atomic mass is 9.59. The van der Waals surface area contributed by atoms with E-state index in [1.807, 2.05) is 12.1 Å². The first-order valence-corrected chi connectivity index (χ1v) is 19.4. The largest absolute Gasteiger partial charge is 0.455 e. The zero-order chi connectivity index (χ0) is 36.5. The monoisotopic (exact) mass is 712 g/mol. The van der Waals surface area contributed by atoms with E-state index in [9.17, 15) is 0 Å². The normalized spacial score (nSPS) is 14.3. The van der Waals surface area contributed by atoms with Crippen LogP contribution in [0.4, 0.5) is 11.4 Å². The van der Waals surface area contributed by atoms with Crippen molar-refractivity contribution >= 4 is 95.0 Å². The Bertz CT molecular complexity index is 3480. The highest BCUT2D eigenvalue weighted by molar-refractivity contribution is 6.70. The number of hydrogen-bond donors (Lipinski definition) is 1. The molecule has 2 aliphatic rings. The van der Waals surface area contributed by atoms with Crippen LogP contribution in [0.15, 0.2) is 173 Å². The molecular weight excluding hydrogens is 681 g/mol. The molecule has 13 rings (SSSR count). The fourth-order valence-electron chi connectivity index (χ4n) is 10.1. The second-order valence-electron chi connectivity index (χ2n) is 15.4. The van der Waals surface area contributed by atoms with E-state index in [4.69, 9.17) is 8.83 Å². The van der Waals surface area contributed by atoms with E-state index in [1.165, 1.54) is 60.3 Å². The van der Waals surface area contributed by atoms with Gasteiger partial charge in [-0.15, -0.1) is 0 Å². The minimum Gasteiger partial charge on any atom is -0.455 e. The van der Waals surface area contributed by atoms with Gasteiger partial charge < -0.3 is 14.2 Å². The molecule has 9 aromatic carbocycles. The molecule has 0 spiro atoms. The summed E-state index contributed by atoms with van der Waals surface area (Å²) in [5.41, 5.74) is 17.0. The summed E-state index contributed by atoms with van der Waals surface area (Å²) in [7, 11) is 2.47. The lowest BCUT2D eigenvalue weighted by molar-refractivity contribution is 0.669. The van der Waals surface area contributed by atoms with Gasteiger partial charge in [-0.05, 0) is 97.7 Å². The molecule has 0 bridgehead atoms. The summed E-state index contributed by atoms with van der Waals surface area (Å²) in [6.45, 7) is 0. The number of para-hydroxylation sites is 3. The molecule has 3 heterocycles. The van der Waals surface area contributed by atoms with Crippen molar-refractivity contribution in [3.8, 4) is 22.3 Å². The molecule has 56 heavy (non-hydrogen) atoms. The SMILES string of the molecule is [B]1c2cccc3c2C(Cc2c1c(-c1c(Nc4cccc5c4oc4ccccc45)ccc4c1oc1ccccc14)cc1ccccc21)c1ccc2ccccc2c1-3. The summed E-state index contributed by atoms with van der Waals surface area (Å²) in [5.74, 6) is 0.238. The molecule has 11 aromatic rings. The summed E-state index contributed by atoms with van der Waals surface area (Å²) < 4.78 is 13.5. The van der Waals surface area contributed by atoms with Gasteiger partial charge in [-0.1, -0.05) is 138 Å². The van der Waals surface area contributed by atoms with Crippen molar-refractivity contribution in [2.75, 3.05) is 5.32 Å². The topological polar surface area (TPSA) is 38.3 Å². The van der Waals surface area contributed by atoms with Gasteiger partial charge in [0.2, 0.25) is 0 Å². The molecule has 1 aliphatic heterocycles. The van der Waals surface area contributed by atoms with Gasteiger partial charge in [-0.25, -0.2) is 0 Å². The van der Waals surface area contributed by atoms with Crippen LogP contribution in [0.2, 0.25) is 0 Å². The second-order valence-corrected chi connectivity index (χ2v) is 15.4. The number of benzene rings is 9. The third kappa shape index (κ3) is 4.13. The number of rotatable bonds is 3. The summed E-state index contributed by atoms with van der Waals surface area (Å²) in [6.07, 6.45) is 0.896. The van der Waals surface area contributed by atoms with Gasteiger partial charge in [0.05, 0.1) is 11.4 Å². The van der Waals surface area contributed by atoms with Crippen LogP contribution in [-0.2, 0) is 6.42 Å². The quantitative estimate of drug-likeness (QED) is 0.185. The lowest BCUT2D eigenvalue weighted by Crippen LogP contribution is -2.31. The van der Waals surface area contributed by atoms with Gasteiger partial charge in [0.25, 0.3) is 0 Å². The Hall–Kier alpha value is -7.04. The van der Waals surface area contributed by atoms with Crippen LogP contribution in [0, 0.1) is 0 Å². The van der Waals surface area contributed by atoms with Gasteiger partial charge in [0.15, 0.2) is 12.9 Å². The lowest BCUT2D eigenvalue weighted by Gasteiger charge is -2.21. The molecular formula is C52H31BNO2. The molecule has 1 radical (unpaired) electrons. The van der Waals surface area contributed by atoms with Gasteiger partial charge in [0.1, 0.15) is 16.7 Å². The highest BCUT2D eigenvalue weighted by atomic mass is 16.3. The Morgan fingerprint density at radius 3 is 2.00 bits per heavy atom. The predicted octanol–water partition coefficient (Wildman–Crippen LogP) is 12.5. The Labute approximate surface area is 323 Å². The summed E-state index contributed by atoms with van der Waals surface area (Å²) in [4.78, 5) is 0. The van der Waals surface area contributed by atoms with E-state index >= 15 is 0 Å². The van der Waals surface area contributed by atoms with E-state index in [-0.39, 0.29) is 5.92 Å². The van der Waals surface area contributed by atoms with Crippen molar-refractivity contribution in [1.29, 1.82) is 0 Å². The predicted molar refractivity (Wildman–Crippen MR) is 234 cm³/mol. The number of furan rings is 2. The maximum Gasteiger partial charge on any atom is 0.193 e. The standard InChI is InChI=1S/C52H31BNO2/c1-4-14-32-29(11-1)23-24-35-39-28-40-31-13-3-2-12-30(31)27-41(50(40)53-42-19-9-18-38(47(32)35)48(39)42)49-43(26-25-37-34-16-6-8-22-46(34)56-52(37)49)54-44-20-10-17-36-33-15-5-7-21-45(33)55-51(36)44/h1-27,39,54H,28H2. The van der Waals surface area contributed by atoms with Crippen molar-refractivity contribution in [2.24, 2.45) is 0 Å². The van der Waals surface area contributed by atoms with Crippen molar-refractivity contribution in [3.63, 3.8) is 0 Å². The molecule has 0 saturated carbocycles. The molecule has 1 atom stereocenters. The number of fused-ring (bicyclic) bond motifs is 14. The summed E-state index contributed by atoms with van der Waals surface area (Å²) >= 11 is 0. The van der Waals surface area contributed by atoms with E-state index in [0.29, 0.717) is 0 Å². The van der Waals surface area contributed by atoms with Crippen LogP contribution >= 0.6 is 0 Å². The Morgan fingerprint density at radius 2 is 1.16 bits per heavy atom. The molecule has 259 valence electrons. The zero-order valence-electron chi connectivity index (χ0n) is 30.3. The fraction of sp³-hybridized carbons (Fsp3) is 0.0385. The highest BCUT2D eigenvalue weighted by Crippen LogP contribution is 2.50. The van der Waals surface area contributed by atoms with Crippen LogP contribution in [0.25, 0.3) is 87.7 Å². The first-order valence-electron chi connectivity index (χ1n) is 19.4. The third-order valence-electron chi connectivity index (χ3n) is 12.5. The molecule has 1 aliphatic carbocycles. The molecule has 1 N–H and O–H groups in total. The Morgan fingerprint density at radius 1 is 0.482 bits per heavy atom. The third-order valence-corrected chi connectivity index (χ3v) is 12.5. The minimum absolute atomic E-state index is 0.238.